The van der Waals surface area contributed by atoms with E-state index in [1.54, 1.807) is 25.1 Å². The first kappa shape index (κ1) is 16.2. The van der Waals surface area contributed by atoms with Crippen molar-refractivity contribution >= 4 is 15.9 Å². The molecule has 2 heterocycles. The first-order valence-electron chi connectivity index (χ1n) is 7.65. The van der Waals surface area contributed by atoms with Gasteiger partial charge in [-0.1, -0.05) is 12.1 Å². The molecule has 2 aliphatic heterocycles. The van der Waals surface area contributed by atoms with E-state index in [9.17, 15) is 13.5 Å². The van der Waals surface area contributed by atoms with Crippen LogP contribution >= 0.6 is 0 Å². The maximum Gasteiger partial charge on any atom is 0.259 e. The van der Waals surface area contributed by atoms with Crippen molar-refractivity contribution in [2.75, 3.05) is 13.1 Å². The topological polar surface area (TPSA) is 105 Å². The minimum Gasteiger partial charge on any atom is -0.490 e. The Morgan fingerprint density at radius 2 is 2.09 bits per heavy atom. The molecule has 1 aromatic rings. The second-order valence-corrected chi connectivity index (χ2v) is 7.61. The van der Waals surface area contributed by atoms with Gasteiger partial charge < -0.3 is 15.6 Å². The highest BCUT2D eigenvalue weighted by atomic mass is 32.2. The van der Waals surface area contributed by atoms with Gasteiger partial charge in [0.05, 0.1) is 11.3 Å². The first-order valence-corrected chi connectivity index (χ1v) is 9.26. The fourth-order valence-electron chi connectivity index (χ4n) is 3.06. The zero-order valence-corrected chi connectivity index (χ0v) is 13.8. The molecule has 3 rings (SSSR count). The number of nitrogens with two attached hydrogens (primary N) is 1. The number of likely N-dealkylation sites (tertiary alicyclic amines) is 1. The summed E-state index contributed by atoms with van der Waals surface area (Å²) < 4.78 is 33.0. The van der Waals surface area contributed by atoms with Gasteiger partial charge in [0.2, 0.25) is 0 Å². The molecular weight excluding hydrogens is 318 g/mol. The van der Waals surface area contributed by atoms with E-state index in [1.165, 1.54) is 0 Å². The van der Waals surface area contributed by atoms with Crippen molar-refractivity contribution in [3.05, 3.63) is 29.3 Å². The van der Waals surface area contributed by atoms with Crippen molar-refractivity contribution in [1.29, 1.82) is 0 Å². The Morgan fingerprint density at radius 3 is 2.74 bits per heavy atom. The van der Waals surface area contributed by atoms with Gasteiger partial charge in [-0.25, -0.2) is 8.42 Å². The number of fused-ring (bicyclic) bond motifs is 1. The van der Waals surface area contributed by atoms with Crippen LogP contribution in [0.3, 0.4) is 0 Å². The number of amidine groups is 1. The summed E-state index contributed by atoms with van der Waals surface area (Å²) >= 11 is 0. The quantitative estimate of drug-likeness (QED) is 0.827. The highest BCUT2D eigenvalue weighted by Gasteiger charge is 2.28. The SMILES string of the molecule is CC(O)N1CCC(Oc2cccc3c2C(N)=NS(=O)(=O)C3)CC1. The number of ether oxygens (including phenoxy) is 1. The number of rotatable bonds is 3. The van der Waals surface area contributed by atoms with Gasteiger partial charge in [-0.15, -0.1) is 4.40 Å². The Bertz CT molecular complexity index is 722. The maximum atomic E-state index is 11.7. The predicted molar refractivity (Wildman–Crippen MR) is 86.7 cm³/mol. The molecule has 1 unspecified atom stereocenters. The average molecular weight is 339 g/mol. The molecule has 0 aromatic heterocycles. The van der Waals surface area contributed by atoms with Crippen LogP contribution in [0.25, 0.3) is 0 Å². The molecule has 1 atom stereocenters. The Kier molecular flexibility index (Phi) is 4.31. The van der Waals surface area contributed by atoms with Crippen molar-refractivity contribution in [2.24, 2.45) is 10.1 Å². The minimum absolute atomic E-state index is 0.0109. The largest absolute Gasteiger partial charge is 0.490 e. The van der Waals surface area contributed by atoms with Gasteiger partial charge in [0, 0.05) is 13.1 Å². The summed E-state index contributed by atoms with van der Waals surface area (Å²) in [6.07, 6.45) is 1.16. The third-order valence-electron chi connectivity index (χ3n) is 4.24. The number of hydrogen-bond donors (Lipinski definition) is 2. The lowest BCUT2D eigenvalue weighted by molar-refractivity contribution is -0.0163. The molecule has 1 saturated heterocycles. The third-order valence-corrected chi connectivity index (χ3v) is 5.39. The van der Waals surface area contributed by atoms with Crippen LogP contribution in [-0.4, -0.2) is 49.7 Å². The summed E-state index contributed by atoms with van der Waals surface area (Å²) in [6, 6.07) is 5.30. The average Bonchev–Trinajstić information content (AvgIpc) is 2.46. The normalized spacial score (nSPS) is 23.0. The van der Waals surface area contributed by atoms with E-state index < -0.39 is 16.3 Å². The molecule has 3 N–H and O–H groups in total. The van der Waals surface area contributed by atoms with Gasteiger partial charge in [-0.05, 0) is 31.4 Å². The summed E-state index contributed by atoms with van der Waals surface area (Å²) in [5.41, 5.74) is 7.04. The molecule has 23 heavy (non-hydrogen) atoms. The van der Waals surface area contributed by atoms with Crippen LogP contribution in [0.15, 0.2) is 22.6 Å². The smallest absolute Gasteiger partial charge is 0.259 e. The van der Waals surface area contributed by atoms with Crippen LogP contribution in [-0.2, 0) is 15.8 Å². The van der Waals surface area contributed by atoms with E-state index in [2.05, 4.69) is 4.40 Å². The molecule has 0 saturated carbocycles. The predicted octanol–water partition coefficient (Wildman–Crippen LogP) is 0.417. The summed E-state index contributed by atoms with van der Waals surface area (Å²) in [5.74, 6) is 0.415. The number of aliphatic hydroxyl groups excluding tert-OH is 1. The molecule has 8 heteroatoms. The molecular formula is C15H21N3O4S. The molecule has 0 spiro atoms. The second-order valence-electron chi connectivity index (χ2n) is 5.98. The Balaban J connectivity index is 1.78. The molecule has 7 nitrogen and oxygen atoms in total. The molecule has 0 aliphatic carbocycles. The number of aliphatic hydroxyl groups is 1. The minimum atomic E-state index is -3.54. The monoisotopic (exact) mass is 339 g/mol. The van der Waals surface area contributed by atoms with Gasteiger partial charge in [0.15, 0.2) is 0 Å². The highest BCUT2D eigenvalue weighted by molar-refractivity contribution is 7.89. The number of benzene rings is 1. The van der Waals surface area contributed by atoms with E-state index in [-0.39, 0.29) is 17.7 Å². The molecule has 126 valence electrons. The molecule has 1 aromatic carbocycles. The van der Waals surface area contributed by atoms with Crippen LogP contribution in [0, 0.1) is 0 Å². The van der Waals surface area contributed by atoms with Crippen molar-refractivity contribution < 1.29 is 18.3 Å². The van der Waals surface area contributed by atoms with Crippen LogP contribution in [0.2, 0.25) is 0 Å². The van der Waals surface area contributed by atoms with Crippen LogP contribution in [0.5, 0.6) is 5.75 Å². The van der Waals surface area contributed by atoms with E-state index in [0.29, 0.717) is 16.9 Å². The van der Waals surface area contributed by atoms with Crippen LogP contribution < -0.4 is 10.5 Å². The third kappa shape index (κ3) is 3.49. The summed E-state index contributed by atoms with van der Waals surface area (Å²) in [5, 5.41) is 9.59. The number of sulfonamides is 1. The fraction of sp³-hybridized carbons (Fsp3) is 0.533. The zero-order valence-electron chi connectivity index (χ0n) is 13.0. The molecule has 0 radical (unpaired) electrons. The van der Waals surface area contributed by atoms with Gasteiger partial charge in [-0.3, -0.25) is 4.90 Å². The lowest BCUT2D eigenvalue weighted by Crippen LogP contribution is -2.43. The molecule has 0 amide bonds. The second kappa shape index (κ2) is 6.10. The van der Waals surface area contributed by atoms with Gasteiger partial charge in [0.25, 0.3) is 10.0 Å². The van der Waals surface area contributed by atoms with Gasteiger partial charge in [0.1, 0.15) is 23.9 Å². The standard InChI is InChI=1S/C15H21N3O4S/c1-10(19)18-7-5-12(6-8-18)22-13-4-2-3-11-9-23(20,21)17-15(16)14(11)13/h2-4,10,12,19H,5-9H2,1H3,(H2,16,17). The van der Waals surface area contributed by atoms with Crippen molar-refractivity contribution in [3.8, 4) is 5.75 Å². The van der Waals surface area contributed by atoms with Crippen LogP contribution in [0.4, 0.5) is 0 Å². The van der Waals surface area contributed by atoms with Gasteiger partial charge in [-0.2, -0.15) is 0 Å². The Morgan fingerprint density at radius 1 is 1.39 bits per heavy atom. The first-order chi connectivity index (χ1) is 10.9. The van der Waals surface area contributed by atoms with E-state index >= 15 is 0 Å². The van der Waals surface area contributed by atoms with E-state index in [0.717, 1.165) is 25.9 Å². The molecule has 1 fully saturated rings. The van der Waals surface area contributed by atoms with Crippen molar-refractivity contribution in [1.82, 2.24) is 4.90 Å². The summed E-state index contributed by atoms with van der Waals surface area (Å²) in [6.45, 7) is 3.27. The lowest BCUT2D eigenvalue weighted by Gasteiger charge is -2.34. The molecule has 2 aliphatic rings. The van der Waals surface area contributed by atoms with E-state index in [4.69, 9.17) is 10.5 Å². The molecule has 0 bridgehead atoms. The highest BCUT2D eigenvalue weighted by Crippen LogP contribution is 2.30. The Hall–Kier alpha value is -1.64. The zero-order chi connectivity index (χ0) is 16.6. The number of nitrogens with zero attached hydrogens (tertiary/aromatic N) is 2. The van der Waals surface area contributed by atoms with Crippen LogP contribution in [0.1, 0.15) is 30.9 Å². The van der Waals surface area contributed by atoms with Crippen molar-refractivity contribution in [2.45, 2.75) is 37.9 Å². The van der Waals surface area contributed by atoms with E-state index in [1.807, 2.05) is 4.90 Å². The number of hydrogen-bond acceptors (Lipinski definition) is 6. The van der Waals surface area contributed by atoms with Crippen molar-refractivity contribution in [3.63, 3.8) is 0 Å². The fourth-order valence-corrected chi connectivity index (χ4v) is 4.15. The summed E-state index contributed by atoms with van der Waals surface area (Å²) in [7, 11) is -3.54. The Labute approximate surface area is 135 Å². The van der Waals surface area contributed by atoms with Gasteiger partial charge >= 0.3 is 0 Å². The lowest BCUT2D eigenvalue weighted by atomic mass is 10.0. The number of piperidine rings is 1. The maximum absolute atomic E-state index is 11.7. The summed E-state index contributed by atoms with van der Waals surface area (Å²) in [4.78, 5) is 1.99.